The van der Waals surface area contributed by atoms with Crippen molar-refractivity contribution in [1.29, 1.82) is 0 Å². The molecule has 2 atom stereocenters. The molecule has 0 saturated carbocycles. The molecule has 1 aromatic heterocycles. The Bertz CT molecular complexity index is 1480. The van der Waals surface area contributed by atoms with E-state index in [1.54, 1.807) is 37.3 Å². The highest BCUT2D eigenvalue weighted by Gasteiger charge is 2.34. The number of carbonyl (C=O) groups is 1. The molecular formula is C27H25ClN2O5. The number of halogens is 1. The summed E-state index contributed by atoms with van der Waals surface area (Å²) < 4.78 is 5.97. The number of nitrogens with zero attached hydrogens (tertiary/aromatic N) is 1. The van der Waals surface area contributed by atoms with Crippen LogP contribution < -0.4 is 20.9 Å². The lowest BCUT2D eigenvalue weighted by Crippen LogP contribution is -2.47. The molecule has 0 aliphatic rings. The van der Waals surface area contributed by atoms with Crippen molar-refractivity contribution < 1.29 is 14.6 Å². The summed E-state index contributed by atoms with van der Waals surface area (Å²) >= 11 is 6.13. The van der Waals surface area contributed by atoms with E-state index in [1.807, 2.05) is 45.0 Å². The van der Waals surface area contributed by atoms with Crippen LogP contribution in [0.5, 0.6) is 11.6 Å². The number of carboxylic acid groups (broad SMARTS) is 1. The summed E-state index contributed by atoms with van der Waals surface area (Å²) in [4.78, 5) is 40.6. The molecule has 2 N–H and O–H groups in total. The fraction of sp³-hybridized carbons (Fsp3) is 0.259. The third-order valence-corrected chi connectivity index (χ3v) is 6.21. The third kappa shape index (κ3) is 4.77. The van der Waals surface area contributed by atoms with Gasteiger partial charge in [0, 0.05) is 16.9 Å². The van der Waals surface area contributed by atoms with Gasteiger partial charge in [0.1, 0.15) is 16.9 Å². The summed E-state index contributed by atoms with van der Waals surface area (Å²) in [6.45, 7) is 7.18. The zero-order valence-corrected chi connectivity index (χ0v) is 20.5. The van der Waals surface area contributed by atoms with Crippen molar-refractivity contribution in [2.24, 2.45) is 0 Å². The number of aliphatic carboxylic acids is 1. The first kappa shape index (κ1) is 24.4. The van der Waals surface area contributed by atoms with E-state index in [0.717, 1.165) is 16.3 Å². The minimum atomic E-state index is -1.12. The second-order valence-electron chi connectivity index (χ2n) is 9.55. The number of hydrogen-bond acceptors (Lipinski definition) is 6. The van der Waals surface area contributed by atoms with Crippen LogP contribution in [-0.2, 0) is 10.2 Å². The molecule has 4 rings (SSSR count). The van der Waals surface area contributed by atoms with Crippen molar-refractivity contribution >= 4 is 34.0 Å². The summed E-state index contributed by atoms with van der Waals surface area (Å²) in [5, 5.41) is 14.7. The van der Waals surface area contributed by atoms with Gasteiger partial charge in [0.05, 0.1) is 5.69 Å². The number of pyridine rings is 1. The van der Waals surface area contributed by atoms with Gasteiger partial charge < -0.3 is 15.2 Å². The number of nitrogens with one attached hydrogen (secondary N) is 1. The number of rotatable bonds is 7. The van der Waals surface area contributed by atoms with Crippen LogP contribution in [0.2, 0.25) is 5.15 Å². The molecule has 0 aliphatic carbocycles. The first-order valence-corrected chi connectivity index (χ1v) is 11.5. The van der Waals surface area contributed by atoms with Gasteiger partial charge in [0.15, 0.2) is 0 Å². The normalized spacial score (nSPS) is 13.5. The van der Waals surface area contributed by atoms with Gasteiger partial charge in [-0.3, -0.25) is 9.59 Å². The minimum Gasteiger partial charge on any atom is -0.480 e. The fourth-order valence-electron chi connectivity index (χ4n) is 4.16. The molecule has 2 unspecified atom stereocenters. The predicted molar refractivity (Wildman–Crippen MR) is 137 cm³/mol. The van der Waals surface area contributed by atoms with Crippen LogP contribution in [0.25, 0.3) is 10.8 Å². The molecule has 0 spiro atoms. The Labute approximate surface area is 207 Å². The number of fused-ring (bicyclic) bond motifs is 1. The lowest BCUT2D eigenvalue weighted by atomic mass is 9.82. The van der Waals surface area contributed by atoms with Gasteiger partial charge in [-0.05, 0) is 40.6 Å². The van der Waals surface area contributed by atoms with E-state index in [1.165, 1.54) is 0 Å². The van der Waals surface area contributed by atoms with Crippen molar-refractivity contribution in [3.05, 3.63) is 91.3 Å². The highest BCUT2D eigenvalue weighted by molar-refractivity contribution is 6.30. The zero-order valence-electron chi connectivity index (χ0n) is 19.8. The van der Waals surface area contributed by atoms with Crippen molar-refractivity contribution in [2.45, 2.75) is 45.1 Å². The maximum Gasteiger partial charge on any atom is 0.326 e. The van der Waals surface area contributed by atoms with E-state index >= 15 is 0 Å². The summed E-state index contributed by atoms with van der Waals surface area (Å²) in [6.07, 6.45) is 0. The smallest absolute Gasteiger partial charge is 0.326 e. The van der Waals surface area contributed by atoms with Crippen molar-refractivity contribution in [3.63, 3.8) is 0 Å². The number of aromatic nitrogens is 1. The van der Waals surface area contributed by atoms with Gasteiger partial charge in [-0.25, -0.2) is 9.78 Å². The van der Waals surface area contributed by atoms with E-state index in [-0.39, 0.29) is 5.69 Å². The van der Waals surface area contributed by atoms with E-state index in [0.29, 0.717) is 22.3 Å². The Morgan fingerprint density at radius 2 is 1.71 bits per heavy atom. The van der Waals surface area contributed by atoms with Crippen LogP contribution in [0, 0.1) is 0 Å². The summed E-state index contributed by atoms with van der Waals surface area (Å²) in [7, 11) is 0. The van der Waals surface area contributed by atoms with E-state index in [9.17, 15) is 19.5 Å². The summed E-state index contributed by atoms with van der Waals surface area (Å²) in [6, 6.07) is 15.2. The first-order chi connectivity index (χ1) is 16.5. The minimum absolute atomic E-state index is 0.0839. The van der Waals surface area contributed by atoms with Crippen LogP contribution >= 0.6 is 11.6 Å². The average molecular weight is 493 g/mol. The van der Waals surface area contributed by atoms with Gasteiger partial charge in [0.2, 0.25) is 16.7 Å². The van der Waals surface area contributed by atoms with E-state index in [4.69, 9.17) is 16.3 Å². The molecule has 8 heteroatoms. The van der Waals surface area contributed by atoms with Crippen LogP contribution in [0.1, 0.15) is 44.7 Å². The summed E-state index contributed by atoms with van der Waals surface area (Å²) in [5.41, 5.74) is -0.695. The maximum absolute atomic E-state index is 12.2. The maximum atomic E-state index is 12.2. The zero-order chi connectivity index (χ0) is 25.5. The fourth-order valence-corrected chi connectivity index (χ4v) is 4.35. The molecule has 35 heavy (non-hydrogen) atoms. The van der Waals surface area contributed by atoms with Crippen LogP contribution in [0.15, 0.2) is 64.2 Å². The molecule has 7 nitrogen and oxygen atoms in total. The Morgan fingerprint density at radius 3 is 2.34 bits per heavy atom. The number of hydrogen-bond donors (Lipinski definition) is 2. The molecule has 180 valence electrons. The predicted octanol–water partition coefficient (Wildman–Crippen LogP) is 5.24. The van der Waals surface area contributed by atoms with Crippen molar-refractivity contribution in [1.82, 2.24) is 4.98 Å². The third-order valence-electron chi connectivity index (χ3n) is 6.02. The van der Waals surface area contributed by atoms with E-state index < -0.39 is 34.2 Å². The molecule has 0 aliphatic heterocycles. The average Bonchev–Trinajstić information content (AvgIpc) is 2.80. The van der Waals surface area contributed by atoms with Crippen molar-refractivity contribution in [2.75, 3.05) is 5.32 Å². The standard InChI is InChI=1S/C27H25ClN2O5/c1-14(21(26(33)34)30-22-20(27(2,3)4)23(31)24(22)32)15-9-11-17(12-10-15)35-25-18-8-6-5-7-16(18)13-19(28)29-25/h5-14,21,30H,1-4H3,(H,33,34). The second kappa shape index (κ2) is 9.15. The van der Waals surface area contributed by atoms with Crippen LogP contribution in [0.4, 0.5) is 5.69 Å². The van der Waals surface area contributed by atoms with Crippen LogP contribution in [-0.4, -0.2) is 22.1 Å². The lowest BCUT2D eigenvalue weighted by molar-refractivity contribution is -0.138. The molecular weight excluding hydrogens is 468 g/mol. The van der Waals surface area contributed by atoms with Gasteiger partial charge in [-0.1, -0.05) is 69.6 Å². The molecule has 3 aromatic carbocycles. The highest BCUT2D eigenvalue weighted by atomic mass is 35.5. The molecule has 0 bridgehead atoms. The lowest BCUT2D eigenvalue weighted by Gasteiger charge is -2.28. The van der Waals surface area contributed by atoms with Crippen molar-refractivity contribution in [3.8, 4) is 11.6 Å². The second-order valence-corrected chi connectivity index (χ2v) is 9.94. The molecule has 0 radical (unpaired) electrons. The Hall–Kier alpha value is -3.71. The van der Waals surface area contributed by atoms with Crippen LogP contribution in [0.3, 0.4) is 0 Å². The van der Waals surface area contributed by atoms with Gasteiger partial charge in [-0.2, -0.15) is 0 Å². The number of ether oxygens (including phenoxy) is 1. The Balaban J connectivity index is 1.57. The molecule has 1 heterocycles. The van der Waals surface area contributed by atoms with Gasteiger partial charge >= 0.3 is 5.97 Å². The number of carboxylic acids is 1. The largest absolute Gasteiger partial charge is 0.480 e. The number of benzene rings is 2. The Kier molecular flexibility index (Phi) is 6.38. The summed E-state index contributed by atoms with van der Waals surface area (Å²) in [5.74, 6) is -0.754. The molecule has 4 aromatic rings. The first-order valence-electron chi connectivity index (χ1n) is 11.1. The number of anilines is 1. The Morgan fingerprint density at radius 1 is 1.06 bits per heavy atom. The topological polar surface area (TPSA) is 106 Å². The quantitative estimate of drug-likeness (QED) is 0.268. The molecule has 0 saturated heterocycles. The SMILES string of the molecule is CC(c1ccc(Oc2nc(Cl)cc3ccccc23)cc1)C(Nc1c(C(C)(C)C)c(=O)c1=O)C(=O)O. The van der Waals surface area contributed by atoms with Gasteiger partial charge in [0.25, 0.3) is 0 Å². The van der Waals surface area contributed by atoms with E-state index in [2.05, 4.69) is 10.3 Å². The monoisotopic (exact) mass is 492 g/mol. The highest BCUT2D eigenvalue weighted by Crippen LogP contribution is 2.32. The molecule has 0 amide bonds. The van der Waals surface area contributed by atoms with Gasteiger partial charge in [-0.15, -0.1) is 0 Å². The molecule has 0 fully saturated rings.